The van der Waals surface area contributed by atoms with Crippen LogP contribution in [-0.4, -0.2) is 8.07 Å². The Labute approximate surface area is 154 Å². The fourth-order valence-electron chi connectivity index (χ4n) is 5.18. The van der Waals surface area contributed by atoms with Crippen molar-refractivity contribution in [2.45, 2.75) is 52.1 Å². The molecule has 1 aliphatic carbocycles. The molecule has 0 bridgehead atoms. The highest BCUT2D eigenvalue weighted by Gasteiger charge is 2.56. The number of allylic oxidation sites excluding steroid dienone is 4. The van der Waals surface area contributed by atoms with Crippen molar-refractivity contribution in [3.8, 4) is 0 Å². The van der Waals surface area contributed by atoms with E-state index in [4.69, 9.17) is 0 Å². The molecular formula is C24H30Si. The molecule has 0 spiro atoms. The Kier molecular flexibility index (Phi) is 4.63. The monoisotopic (exact) mass is 346 g/mol. The number of rotatable bonds is 4. The normalized spacial score (nSPS) is 21.0. The fourth-order valence-corrected chi connectivity index (χ4v) is 11.9. The minimum absolute atomic E-state index is 0.0953. The lowest BCUT2D eigenvalue weighted by molar-refractivity contribution is 0.820. The van der Waals surface area contributed by atoms with Gasteiger partial charge in [-0.1, -0.05) is 109 Å². The molecule has 0 saturated carbocycles. The molecule has 130 valence electrons. The first-order chi connectivity index (χ1) is 11.9. The van der Waals surface area contributed by atoms with E-state index in [1.165, 1.54) is 21.5 Å². The van der Waals surface area contributed by atoms with Crippen molar-refractivity contribution in [2.24, 2.45) is 0 Å². The molecule has 1 unspecified atom stereocenters. The lowest BCUT2D eigenvalue weighted by Crippen LogP contribution is -2.67. The molecular weight excluding hydrogens is 316 g/mol. The largest absolute Gasteiger partial charge is 0.133 e. The molecule has 0 nitrogen and oxygen atoms in total. The smallest absolute Gasteiger partial charge is 0.0733 e. The average molecular weight is 347 g/mol. The minimum atomic E-state index is -2.10. The molecule has 0 amide bonds. The number of benzene rings is 2. The fraction of sp³-hybridized carbons (Fsp3) is 0.333. The van der Waals surface area contributed by atoms with Crippen LogP contribution in [0.3, 0.4) is 0 Å². The summed E-state index contributed by atoms with van der Waals surface area (Å²) in [4.78, 5) is 0. The van der Waals surface area contributed by atoms with Gasteiger partial charge in [-0.15, -0.1) is 0 Å². The van der Waals surface area contributed by atoms with Crippen LogP contribution in [-0.2, 0) is 0 Å². The Balaban J connectivity index is 2.43. The van der Waals surface area contributed by atoms with Crippen LogP contribution < -0.4 is 10.4 Å². The maximum atomic E-state index is 2.57. The summed E-state index contributed by atoms with van der Waals surface area (Å²) < 4.78 is 0. The van der Waals surface area contributed by atoms with Crippen LogP contribution in [0.2, 0.25) is 10.6 Å². The highest BCUT2D eigenvalue weighted by atomic mass is 28.3. The Morgan fingerprint density at radius 1 is 0.760 bits per heavy atom. The van der Waals surface area contributed by atoms with Gasteiger partial charge in [-0.3, -0.25) is 0 Å². The molecule has 0 aliphatic heterocycles. The van der Waals surface area contributed by atoms with Crippen LogP contribution in [0.1, 0.15) is 41.5 Å². The average Bonchev–Trinajstić information content (AvgIpc) is 2.81. The highest BCUT2D eigenvalue weighted by Crippen LogP contribution is 2.56. The summed E-state index contributed by atoms with van der Waals surface area (Å²) in [5.41, 5.74) is 5.07. The van der Waals surface area contributed by atoms with Crippen molar-refractivity contribution >= 4 is 18.4 Å². The van der Waals surface area contributed by atoms with E-state index in [-0.39, 0.29) is 5.04 Å². The van der Waals surface area contributed by atoms with Gasteiger partial charge >= 0.3 is 0 Å². The lowest BCUT2D eigenvalue weighted by atomic mass is 10.0. The van der Waals surface area contributed by atoms with Gasteiger partial charge in [0.05, 0.1) is 0 Å². The van der Waals surface area contributed by atoms with Crippen LogP contribution in [0.5, 0.6) is 0 Å². The summed E-state index contributed by atoms with van der Waals surface area (Å²) in [6, 6.07) is 22.6. The summed E-state index contributed by atoms with van der Waals surface area (Å²) in [6.07, 6.45) is 2.57. The van der Waals surface area contributed by atoms with E-state index in [1.54, 1.807) is 5.57 Å². The zero-order valence-electron chi connectivity index (χ0n) is 16.4. The molecule has 0 radical (unpaired) electrons. The van der Waals surface area contributed by atoms with Crippen molar-refractivity contribution in [3.05, 3.63) is 83.5 Å². The van der Waals surface area contributed by atoms with Crippen molar-refractivity contribution in [1.82, 2.24) is 0 Å². The zero-order valence-corrected chi connectivity index (χ0v) is 17.4. The molecule has 2 aromatic rings. The zero-order chi connectivity index (χ0) is 18.2. The second-order valence-electron chi connectivity index (χ2n) is 7.97. The SMILES string of the molecule is CC1=CC(C)([Si](c2ccccc2)(c2ccccc2)C(C)C)C(C)=C1C. The van der Waals surface area contributed by atoms with Gasteiger partial charge in [0.15, 0.2) is 0 Å². The maximum Gasteiger partial charge on any atom is 0.133 e. The molecule has 1 heteroatoms. The standard InChI is InChI=1S/C24H30Si/c1-18(2)25(22-13-9-7-10-14-22,23-15-11-8-12-16-23)24(6)17-19(3)20(4)21(24)5/h7-18H,1-6H3. The first-order valence-electron chi connectivity index (χ1n) is 9.34. The molecule has 0 N–H and O–H groups in total. The van der Waals surface area contributed by atoms with Crippen molar-refractivity contribution < 1.29 is 0 Å². The van der Waals surface area contributed by atoms with Gasteiger partial charge in [0, 0.05) is 5.04 Å². The Hall–Kier alpha value is -1.86. The summed E-state index contributed by atoms with van der Waals surface area (Å²) in [5, 5.41) is 3.17. The number of hydrogen-bond acceptors (Lipinski definition) is 0. The lowest BCUT2D eigenvalue weighted by Gasteiger charge is -2.49. The Morgan fingerprint density at radius 2 is 1.20 bits per heavy atom. The summed E-state index contributed by atoms with van der Waals surface area (Å²) in [5.74, 6) is 0. The van der Waals surface area contributed by atoms with Gasteiger partial charge in [0.1, 0.15) is 8.07 Å². The summed E-state index contributed by atoms with van der Waals surface area (Å²) >= 11 is 0. The molecule has 0 aromatic heterocycles. The van der Waals surface area contributed by atoms with Crippen LogP contribution in [0.15, 0.2) is 83.5 Å². The quantitative estimate of drug-likeness (QED) is 0.621. The molecule has 3 rings (SSSR count). The first kappa shape index (κ1) is 17.9. The molecule has 0 heterocycles. The molecule has 2 aromatic carbocycles. The minimum Gasteiger partial charge on any atom is -0.0733 e. The van der Waals surface area contributed by atoms with Crippen LogP contribution >= 0.6 is 0 Å². The van der Waals surface area contributed by atoms with E-state index in [2.05, 4.69) is 108 Å². The summed E-state index contributed by atoms with van der Waals surface area (Å²) in [7, 11) is -2.10. The van der Waals surface area contributed by atoms with E-state index in [0.717, 1.165) is 0 Å². The van der Waals surface area contributed by atoms with E-state index in [9.17, 15) is 0 Å². The molecule has 0 fully saturated rings. The van der Waals surface area contributed by atoms with E-state index >= 15 is 0 Å². The topological polar surface area (TPSA) is 0 Å². The highest BCUT2D eigenvalue weighted by molar-refractivity contribution is 7.06. The van der Waals surface area contributed by atoms with Crippen LogP contribution in [0, 0.1) is 0 Å². The number of hydrogen-bond donors (Lipinski definition) is 0. The van der Waals surface area contributed by atoms with Crippen molar-refractivity contribution in [3.63, 3.8) is 0 Å². The van der Waals surface area contributed by atoms with E-state index in [0.29, 0.717) is 5.54 Å². The van der Waals surface area contributed by atoms with Crippen molar-refractivity contribution in [1.29, 1.82) is 0 Å². The van der Waals surface area contributed by atoms with Gasteiger partial charge in [-0.25, -0.2) is 0 Å². The second-order valence-corrected chi connectivity index (χ2v) is 12.9. The third kappa shape index (κ3) is 2.48. The van der Waals surface area contributed by atoms with Gasteiger partial charge in [-0.05, 0) is 31.9 Å². The van der Waals surface area contributed by atoms with E-state index in [1.807, 2.05) is 0 Å². The molecule has 0 saturated heterocycles. The third-order valence-electron chi connectivity index (χ3n) is 6.58. The molecule has 25 heavy (non-hydrogen) atoms. The van der Waals surface area contributed by atoms with Crippen molar-refractivity contribution in [2.75, 3.05) is 0 Å². The second kappa shape index (κ2) is 6.46. The first-order valence-corrected chi connectivity index (χ1v) is 11.4. The Bertz CT molecular complexity index is 772. The van der Waals surface area contributed by atoms with Gasteiger partial charge in [-0.2, -0.15) is 0 Å². The molecule has 1 aliphatic rings. The van der Waals surface area contributed by atoms with Crippen LogP contribution in [0.4, 0.5) is 0 Å². The predicted molar refractivity (Wildman–Crippen MR) is 114 cm³/mol. The van der Waals surface area contributed by atoms with Gasteiger partial charge in [0.2, 0.25) is 0 Å². The Morgan fingerprint density at radius 3 is 1.52 bits per heavy atom. The van der Waals surface area contributed by atoms with Gasteiger partial charge < -0.3 is 0 Å². The summed E-state index contributed by atoms with van der Waals surface area (Å²) in [6.45, 7) is 14.3. The maximum absolute atomic E-state index is 2.57. The third-order valence-corrected chi connectivity index (χ3v) is 13.0. The molecule has 1 atom stereocenters. The van der Waals surface area contributed by atoms with Gasteiger partial charge in [0.25, 0.3) is 0 Å². The predicted octanol–water partition coefficient (Wildman–Crippen LogP) is 5.72. The van der Waals surface area contributed by atoms with E-state index < -0.39 is 8.07 Å². The van der Waals surface area contributed by atoms with Crippen LogP contribution in [0.25, 0.3) is 0 Å².